The molecule has 1 aliphatic heterocycles. The average Bonchev–Trinajstić information content (AvgIpc) is 3.13. The van der Waals surface area contributed by atoms with Crippen LogP contribution in [0.2, 0.25) is 5.02 Å². The minimum Gasteiger partial charge on any atom is -0.356 e. The molecule has 3 heterocycles. The number of H-pyrrole nitrogens is 1. The Hall–Kier alpha value is -1.70. The Morgan fingerprint density at radius 3 is 2.63 bits per heavy atom. The van der Waals surface area contributed by atoms with E-state index in [0.717, 1.165) is 59.0 Å². The number of anilines is 1. The highest BCUT2D eigenvalue weighted by atomic mass is 79.9. The number of aromatic nitrogens is 4. The summed E-state index contributed by atoms with van der Waals surface area (Å²) in [4.78, 5) is 13.5. The number of rotatable bonds is 7. The minimum absolute atomic E-state index is 0.565. The number of benzene rings is 1. The maximum atomic E-state index is 6.15. The molecule has 8 heteroatoms. The summed E-state index contributed by atoms with van der Waals surface area (Å²) in [5.41, 5.74) is 2.19. The van der Waals surface area contributed by atoms with Gasteiger partial charge >= 0.3 is 0 Å². The second-order valence-corrected chi connectivity index (χ2v) is 9.55. The largest absolute Gasteiger partial charge is 0.356 e. The lowest BCUT2D eigenvalue weighted by Gasteiger charge is -2.37. The molecule has 0 amide bonds. The molecule has 160 valence electrons. The third kappa shape index (κ3) is 4.79. The monoisotopic (exact) mass is 490 g/mol. The van der Waals surface area contributed by atoms with Crippen LogP contribution in [0.3, 0.4) is 0 Å². The maximum absolute atomic E-state index is 6.15. The first-order valence-electron chi connectivity index (χ1n) is 10.5. The van der Waals surface area contributed by atoms with Crippen molar-refractivity contribution in [3.05, 3.63) is 45.8 Å². The van der Waals surface area contributed by atoms with E-state index in [2.05, 4.69) is 72.1 Å². The number of hydrogen-bond donors (Lipinski definition) is 1. The molecule has 1 N–H and O–H groups in total. The van der Waals surface area contributed by atoms with Crippen LogP contribution in [0.15, 0.2) is 35.2 Å². The lowest BCUT2D eigenvalue weighted by Crippen LogP contribution is -2.36. The normalized spacial score (nSPS) is 16.5. The summed E-state index contributed by atoms with van der Waals surface area (Å²) in [6.45, 7) is 3.11. The highest BCUT2D eigenvalue weighted by Gasteiger charge is 2.29. The highest BCUT2D eigenvalue weighted by molar-refractivity contribution is 9.10. The van der Waals surface area contributed by atoms with E-state index in [1.807, 2.05) is 12.1 Å². The van der Waals surface area contributed by atoms with Crippen LogP contribution in [0, 0.1) is 5.92 Å². The fraction of sp³-hybridized carbons (Fsp3) is 0.500. The van der Waals surface area contributed by atoms with Crippen molar-refractivity contribution in [1.82, 2.24) is 25.1 Å². The third-order valence-electron chi connectivity index (χ3n) is 6.12. The second kappa shape index (κ2) is 9.62. The molecular weight excluding hydrogens is 464 g/mol. The molecule has 1 fully saturated rings. The molecule has 0 radical (unpaired) electrons. The quantitative estimate of drug-likeness (QED) is 0.497. The zero-order valence-electron chi connectivity index (χ0n) is 17.5. The Balaban J connectivity index is 1.49. The van der Waals surface area contributed by atoms with Crippen LogP contribution in [-0.4, -0.2) is 58.8 Å². The van der Waals surface area contributed by atoms with E-state index in [4.69, 9.17) is 11.6 Å². The van der Waals surface area contributed by atoms with Gasteiger partial charge in [0.15, 0.2) is 5.65 Å². The molecule has 1 aliphatic rings. The topological polar surface area (TPSA) is 60.9 Å². The number of halogens is 2. The molecule has 1 unspecified atom stereocenters. The van der Waals surface area contributed by atoms with Crippen molar-refractivity contribution in [3.8, 4) is 0 Å². The maximum Gasteiger partial charge on any atom is 0.161 e. The van der Waals surface area contributed by atoms with Gasteiger partial charge in [-0.2, -0.15) is 5.10 Å². The van der Waals surface area contributed by atoms with Crippen molar-refractivity contribution < 1.29 is 0 Å². The first-order chi connectivity index (χ1) is 14.5. The first-order valence-corrected chi connectivity index (χ1v) is 11.7. The summed E-state index contributed by atoms with van der Waals surface area (Å²) in [6, 6.07) is 8.48. The van der Waals surface area contributed by atoms with Gasteiger partial charge in [0.1, 0.15) is 16.7 Å². The number of aromatic amines is 1. The van der Waals surface area contributed by atoms with Gasteiger partial charge in [-0.1, -0.05) is 23.7 Å². The summed E-state index contributed by atoms with van der Waals surface area (Å²) in [5, 5.41) is 8.97. The summed E-state index contributed by atoms with van der Waals surface area (Å²) >= 11 is 9.68. The van der Waals surface area contributed by atoms with Gasteiger partial charge in [0.2, 0.25) is 0 Å². The van der Waals surface area contributed by atoms with E-state index in [1.165, 1.54) is 18.4 Å². The molecule has 2 aromatic heterocycles. The number of piperidine rings is 1. The van der Waals surface area contributed by atoms with Gasteiger partial charge in [0.05, 0.1) is 5.39 Å². The van der Waals surface area contributed by atoms with Crippen LogP contribution in [-0.2, 0) is 0 Å². The minimum atomic E-state index is 0.565. The van der Waals surface area contributed by atoms with Crippen molar-refractivity contribution in [2.75, 3.05) is 38.6 Å². The molecule has 1 saturated heterocycles. The van der Waals surface area contributed by atoms with Crippen molar-refractivity contribution >= 4 is 44.4 Å². The van der Waals surface area contributed by atoms with Gasteiger partial charge in [0.25, 0.3) is 0 Å². The lowest BCUT2D eigenvalue weighted by atomic mass is 9.77. The van der Waals surface area contributed by atoms with Gasteiger partial charge in [0, 0.05) is 18.1 Å². The fourth-order valence-corrected chi connectivity index (χ4v) is 5.15. The van der Waals surface area contributed by atoms with E-state index < -0.39 is 0 Å². The second-order valence-electron chi connectivity index (χ2n) is 8.36. The van der Waals surface area contributed by atoms with Gasteiger partial charge < -0.3 is 9.80 Å². The van der Waals surface area contributed by atoms with Gasteiger partial charge in [-0.05, 0) is 91.8 Å². The molecule has 0 saturated carbocycles. The van der Waals surface area contributed by atoms with Crippen LogP contribution < -0.4 is 4.90 Å². The molecule has 4 rings (SSSR count). The van der Waals surface area contributed by atoms with Gasteiger partial charge in [-0.15, -0.1) is 0 Å². The summed E-state index contributed by atoms with van der Waals surface area (Å²) in [6.07, 6.45) is 6.32. The Morgan fingerprint density at radius 1 is 1.20 bits per heavy atom. The van der Waals surface area contributed by atoms with Crippen LogP contribution in [0.5, 0.6) is 0 Å². The van der Waals surface area contributed by atoms with Crippen molar-refractivity contribution in [2.45, 2.75) is 31.6 Å². The predicted octanol–water partition coefficient (Wildman–Crippen LogP) is 5.11. The molecule has 1 aromatic carbocycles. The Morgan fingerprint density at radius 2 is 1.93 bits per heavy atom. The fourth-order valence-electron chi connectivity index (χ4n) is 4.57. The number of fused-ring (bicyclic) bond motifs is 1. The van der Waals surface area contributed by atoms with Crippen molar-refractivity contribution in [3.63, 3.8) is 0 Å². The van der Waals surface area contributed by atoms with Gasteiger partial charge in [-0.3, -0.25) is 5.10 Å². The van der Waals surface area contributed by atoms with E-state index in [0.29, 0.717) is 11.8 Å². The van der Waals surface area contributed by atoms with Crippen molar-refractivity contribution in [2.24, 2.45) is 5.92 Å². The Labute approximate surface area is 191 Å². The van der Waals surface area contributed by atoms with E-state index in [1.54, 1.807) is 6.33 Å². The average molecular weight is 492 g/mol. The highest BCUT2D eigenvalue weighted by Crippen LogP contribution is 2.38. The van der Waals surface area contributed by atoms with Crippen molar-refractivity contribution in [1.29, 1.82) is 0 Å². The Kier molecular flexibility index (Phi) is 6.91. The van der Waals surface area contributed by atoms with Crippen LogP contribution in [0.4, 0.5) is 5.82 Å². The summed E-state index contributed by atoms with van der Waals surface area (Å²) in [5.74, 6) is 2.19. The first kappa shape index (κ1) is 21.5. The Bertz CT molecular complexity index is 965. The number of nitrogens with zero attached hydrogens (tertiary/aromatic N) is 5. The lowest BCUT2D eigenvalue weighted by molar-refractivity contribution is 0.306. The number of hydrogen-bond acceptors (Lipinski definition) is 5. The molecule has 3 aromatic rings. The summed E-state index contributed by atoms with van der Waals surface area (Å²) < 4.78 is 0.776. The van der Waals surface area contributed by atoms with E-state index >= 15 is 0 Å². The third-order valence-corrected chi connectivity index (χ3v) is 6.95. The molecule has 0 spiro atoms. The van der Waals surface area contributed by atoms with Crippen LogP contribution >= 0.6 is 27.5 Å². The molecule has 30 heavy (non-hydrogen) atoms. The number of nitrogens with one attached hydrogen (secondary N) is 1. The van der Waals surface area contributed by atoms with Crippen LogP contribution in [0.25, 0.3) is 11.0 Å². The standard InChI is InChI=1S/C22H28BrClN6/c1-29(2)11-3-4-18(15-5-7-17(24)8-6-15)16-9-12-30(13-10-16)22-19-20(23)27-28-21(19)25-14-26-22/h5-8,14,16,18H,3-4,9-13H2,1-2H3,(H,25,26,27,28). The molecular formula is C22H28BrClN6. The SMILES string of the molecule is CN(C)CCCC(c1ccc(Cl)cc1)C1CCN(c2ncnc3[nH]nc(Br)c23)CC1. The molecule has 1 atom stereocenters. The zero-order valence-corrected chi connectivity index (χ0v) is 19.8. The van der Waals surface area contributed by atoms with Crippen LogP contribution in [0.1, 0.15) is 37.2 Å². The summed E-state index contributed by atoms with van der Waals surface area (Å²) in [7, 11) is 4.29. The molecule has 0 aliphatic carbocycles. The predicted molar refractivity (Wildman–Crippen MR) is 126 cm³/mol. The van der Waals surface area contributed by atoms with E-state index in [9.17, 15) is 0 Å². The molecule has 6 nitrogen and oxygen atoms in total. The van der Waals surface area contributed by atoms with E-state index in [-0.39, 0.29) is 0 Å². The van der Waals surface area contributed by atoms with Gasteiger partial charge in [-0.25, -0.2) is 9.97 Å². The molecule has 0 bridgehead atoms. The smallest absolute Gasteiger partial charge is 0.161 e. The zero-order chi connectivity index (χ0) is 21.1.